The van der Waals surface area contributed by atoms with Crippen LogP contribution < -0.4 is 0 Å². The molecule has 1 nitrogen and oxygen atoms in total. The zero-order chi connectivity index (χ0) is 10.7. The van der Waals surface area contributed by atoms with Gasteiger partial charge in [-0.2, -0.15) is 0 Å². The van der Waals surface area contributed by atoms with Crippen molar-refractivity contribution in [2.75, 3.05) is 0 Å². The van der Waals surface area contributed by atoms with Gasteiger partial charge in [-0.3, -0.25) is 4.99 Å². The summed E-state index contributed by atoms with van der Waals surface area (Å²) in [4.78, 5) is 4.52. The van der Waals surface area contributed by atoms with Crippen molar-refractivity contribution in [1.29, 1.82) is 0 Å². The fraction of sp³-hybridized carbons (Fsp3) is 0.214. The van der Waals surface area contributed by atoms with E-state index in [1.807, 2.05) is 24.4 Å². The van der Waals surface area contributed by atoms with Gasteiger partial charge < -0.3 is 0 Å². The third-order valence-corrected chi connectivity index (χ3v) is 2.39. The van der Waals surface area contributed by atoms with Crippen molar-refractivity contribution < 1.29 is 0 Å². The Labute approximate surface area is 90.9 Å². The van der Waals surface area contributed by atoms with Crippen LogP contribution in [0.5, 0.6) is 0 Å². The largest absolute Gasteiger partial charge is 0.260 e. The molecule has 15 heavy (non-hydrogen) atoms. The van der Waals surface area contributed by atoms with Gasteiger partial charge in [0.05, 0.1) is 5.70 Å². The molecule has 1 aliphatic rings. The first kappa shape index (κ1) is 9.91. The summed E-state index contributed by atoms with van der Waals surface area (Å²) < 4.78 is 0. The van der Waals surface area contributed by atoms with E-state index in [9.17, 15) is 0 Å². The van der Waals surface area contributed by atoms with Gasteiger partial charge in [-0.05, 0) is 6.08 Å². The smallest absolute Gasteiger partial charge is 0.0698 e. The summed E-state index contributed by atoms with van der Waals surface area (Å²) in [6.45, 7) is 4.30. The SMILES string of the molecule is CC1(C)C=CC=C(c2ccccc2)N=C1. The van der Waals surface area contributed by atoms with E-state index >= 15 is 0 Å². The van der Waals surface area contributed by atoms with Crippen molar-refractivity contribution >= 4 is 11.9 Å². The quantitative estimate of drug-likeness (QED) is 0.651. The highest BCUT2D eigenvalue weighted by atomic mass is 14.7. The zero-order valence-electron chi connectivity index (χ0n) is 9.14. The Morgan fingerprint density at radius 1 is 1.07 bits per heavy atom. The number of rotatable bonds is 1. The predicted molar refractivity (Wildman–Crippen MR) is 65.8 cm³/mol. The summed E-state index contributed by atoms with van der Waals surface area (Å²) in [7, 11) is 0. The van der Waals surface area contributed by atoms with Gasteiger partial charge in [0.2, 0.25) is 0 Å². The molecule has 0 spiro atoms. The van der Waals surface area contributed by atoms with Gasteiger partial charge in [0.25, 0.3) is 0 Å². The second-order valence-electron chi connectivity index (χ2n) is 4.36. The maximum Gasteiger partial charge on any atom is 0.0698 e. The Kier molecular flexibility index (Phi) is 2.55. The minimum absolute atomic E-state index is 0.0486. The van der Waals surface area contributed by atoms with Gasteiger partial charge in [-0.1, -0.05) is 56.3 Å². The van der Waals surface area contributed by atoms with Crippen LogP contribution in [-0.2, 0) is 0 Å². The van der Waals surface area contributed by atoms with Crippen molar-refractivity contribution in [3.05, 3.63) is 54.1 Å². The monoisotopic (exact) mass is 197 g/mol. The second-order valence-corrected chi connectivity index (χ2v) is 4.36. The van der Waals surface area contributed by atoms with E-state index in [0.29, 0.717) is 0 Å². The molecule has 1 aromatic carbocycles. The summed E-state index contributed by atoms with van der Waals surface area (Å²) in [6, 6.07) is 10.2. The Bertz CT molecular complexity index is 422. The van der Waals surface area contributed by atoms with Crippen LogP contribution in [0.4, 0.5) is 0 Å². The average molecular weight is 197 g/mol. The predicted octanol–water partition coefficient (Wildman–Crippen LogP) is 3.69. The lowest BCUT2D eigenvalue weighted by Crippen LogP contribution is -2.07. The molecule has 76 valence electrons. The van der Waals surface area contributed by atoms with Crippen LogP contribution in [-0.4, -0.2) is 6.21 Å². The van der Waals surface area contributed by atoms with E-state index < -0.39 is 0 Å². The lowest BCUT2D eigenvalue weighted by molar-refractivity contribution is 0.695. The van der Waals surface area contributed by atoms with Gasteiger partial charge >= 0.3 is 0 Å². The molecule has 0 N–H and O–H groups in total. The molecule has 0 aliphatic carbocycles. The van der Waals surface area contributed by atoms with Crippen LogP contribution in [0, 0.1) is 5.41 Å². The summed E-state index contributed by atoms with van der Waals surface area (Å²) in [5, 5.41) is 0. The van der Waals surface area contributed by atoms with E-state index in [2.05, 4.69) is 49.2 Å². The van der Waals surface area contributed by atoms with Gasteiger partial charge in [0, 0.05) is 17.2 Å². The van der Waals surface area contributed by atoms with Crippen LogP contribution >= 0.6 is 0 Å². The summed E-state index contributed by atoms with van der Waals surface area (Å²) in [5.41, 5.74) is 2.24. The summed E-state index contributed by atoms with van der Waals surface area (Å²) in [5.74, 6) is 0. The fourth-order valence-electron chi connectivity index (χ4n) is 1.49. The van der Waals surface area contributed by atoms with Gasteiger partial charge in [0.1, 0.15) is 0 Å². The molecular weight excluding hydrogens is 182 g/mol. The third-order valence-electron chi connectivity index (χ3n) is 2.39. The number of hydrogen-bond donors (Lipinski definition) is 0. The van der Waals surface area contributed by atoms with Gasteiger partial charge in [0.15, 0.2) is 0 Å². The Balaban J connectivity index is 2.34. The van der Waals surface area contributed by atoms with Crippen molar-refractivity contribution in [2.24, 2.45) is 10.4 Å². The van der Waals surface area contributed by atoms with Crippen LogP contribution in [0.2, 0.25) is 0 Å². The topological polar surface area (TPSA) is 12.4 Å². The zero-order valence-corrected chi connectivity index (χ0v) is 9.14. The molecule has 1 aliphatic heterocycles. The molecule has 0 fully saturated rings. The molecule has 0 saturated heterocycles. The summed E-state index contributed by atoms with van der Waals surface area (Å²) in [6.07, 6.45) is 8.29. The number of nitrogens with zero attached hydrogens (tertiary/aromatic N) is 1. The Morgan fingerprint density at radius 3 is 2.53 bits per heavy atom. The molecule has 2 rings (SSSR count). The number of allylic oxidation sites excluding steroid dienone is 3. The standard InChI is InChI=1S/C14H15N/c1-14(2)10-6-9-13(15-11-14)12-7-4-3-5-8-12/h3-11H,1-2H3. The molecule has 0 unspecified atom stereocenters. The maximum atomic E-state index is 4.52. The molecule has 0 atom stereocenters. The molecule has 0 amide bonds. The minimum Gasteiger partial charge on any atom is -0.260 e. The number of benzene rings is 1. The highest BCUT2D eigenvalue weighted by Gasteiger charge is 2.12. The fourth-order valence-corrected chi connectivity index (χ4v) is 1.49. The highest BCUT2D eigenvalue weighted by molar-refractivity contribution is 5.80. The number of aliphatic imine (C=N–C) groups is 1. The molecule has 0 radical (unpaired) electrons. The molecule has 1 heteroatoms. The number of hydrogen-bond acceptors (Lipinski definition) is 1. The molecular formula is C14H15N. The van der Waals surface area contributed by atoms with Crippen LogP contribution in [0.25, 0.3) is 5.70 Å². The Morgan fingerprint density at radius 2 is 1.80 bits per heavy atom. The highest BCUT2D eigenvalue weighted by Crippen LogP contribution is 2.22. The van der Waals surface area contributed by atoms with Crippen LogP contribution in [0.3, 0.4) is 0 Å². The normalized spacial score (nSPS) is 18.4. The third kappa shape index (κ3) is 2.44. The lowest BCUT2D eigenvalue weighted by atomic mass is 9.95. The van der Waals surface area contributed by atoms with E-state index in [-0.39, 0.29) is 5.41 Å². The van der Waals surface area contributed by atoms with E-state index in [0.717, 1.165) is 11.3 Å². The average Bonchev–Trinajstić information content (AvgIpc) is 2.41. The summed E-state index contributed by atoms with van der Waals surface area (Å²) >= 11 is 0. The van der Waals surface area contributed by atoms with Crippen molar-refractivity contribution in [3.63, 3.8) is 0 Å². The second kappa shape index (κ2) is 3.85. The molecule has 0 bridgehead atoms. The van der Waals surface area contributed by atoms with Crippen LogP contribution in [0.15, 0.2) is 53.6 Å². The minimum atomic E-state index is 0.0486. The van der Waals surface area contributed by atoms with E-state index in [1.54, 1.807) is 0 Å². The van der Waals surface area contributed by atoms with Crippen molar-refractivity contribution in [2.45, 2.75) is 13.8 Å². The first-order valence-corrected chi connectivity index (χ1v) is 5.18. The molecule has 1 heterocycles. The molecule has 0 saturated carbocycles. The van der Waals surface area contributed by atoms with Crippen molar-refractivity contribution in [1.82, 2.24) is 0 Å². The maximum absolute atomic E-state index is 4.52. The molecule has 0 aromatic heterocycles. The first-order chi connectivity index (χ1) is 7.17. The lowest BCUT2D eigenvalue weighted by Gasteiger charge is -2.11. The van der Waals surface area contributed by atoms with Gasteiger partial charge in [-0.25, -0.2) is 0 Å². The van der Waals surface area contributed by atoms with E-state index in [4.69, 9.17) is 0 Å². The van der Waals surface area contributed by atoms with Gasteiger partial charge in [-0.15, -0.1) is 0 Å². The first-order valence-electron chi connectivity index (χ1n) is 5.18. The van der Waals surface area contributed by atoms with E-state index in [1.165, 1.54) is 0 Å². The van der Waals surface area contributed by atoms with Crippen LogP contribution in [0.1, 0.15) is 19.4 Å². The molecule has 1 aromatic rings. The Hall–Kier alpha value is -1.63. The van der Waals surface area contributed by atoms with Crippen molar-refractivity contribution in [3.8, 4) is 0 Å².